The number of rotatable bonds is 4. The Hall–Kier alpha value is -0.670. The molecule has 0 heterocycles. The minimum atomic E-state index is 0.0375. The van der Waals surface area contributed by atoms with Crippen LogP contribution in [0.15, 0.2) is 47.4 Å². The number of nitrogens with two attached hydrogens (primary N) is 1. The molecule has 1 nitrogen and oxygen atoms in total. The van der Waals surface area contributed by atoms with Gasteiger partial charge in [0.1, 0.15) is 0 Å². The summed E-state index contributed by atoms with van der Waals surface area (Å²) in [6.45, 7) is 4.14. The van der Waals surface area contributed by atoms with Crippen molar-refractivity contribution >= 4 is 35.0 Å². The lowest BCUT2D eigenvalue weighted by Crippen LogP contribution is -2.23. The summed E-state index contributed by atoms with van der Waals surface area (Å²) in [6.07, 6.45) is 0. The first kappa shape index (κ1) is 15.7. The Bertz CT molecular complexity index is 599. The molecule has 0 aliphatic carbocycles. The van der Waals surface area contributed by atoms with Gasteiger partial charge in [-0.3, -0.25) is 0 Å². The van der Waals surface area contributed by atoms with Crippen molar-refractivity contribution in [1.82, 2.24) is 0 Å². The summed E-state index contributed by atoms with van der Waals surface area (Å²) in [4.78, 5) is 1.07. The van der Waals surface area contributed by atoms with Gasteiger partial charge in [-0.2, -0.15) is 0 Å². The Labute approximate surface area is 134 Å². The van der Waals surface area contributed by atoms with Crippen LogP contribution >= 0.6 is 35.0 Å². The van der Waals surface area contributed by atoms with Crippen LogP contribution in [0, 0.1) is 6.92 Å². The van der Waals surface area contributed by atoms with E-state index in [9.17, 15) is 0 Å². The SMILES string of the molecule is Cc1ccccc1C(Sc1ccc(Cl)c(Cl)c1)C(C)N. The van der Waals surface area contributed by atoms with Crippen molar-refractivity contribution in [1.29, 1.82) is 0 Å². The van der Waals surface area contributed by atoms with E-state index in [1.165, 1.54) is 11.1 Å². The predicted molar refractivity (Wildman–Crippen MR) is 89.9 cm³/mol. The average Bonchev–Trinajstić information content (AvgIpc) is 2.41. The van der Waals surface area contributed by atoms with Crippen LogP contribution in [-0.4, -0.2) is 6.04 Å². The molecule has 2 N–H and O–H groups in total. The molecule has 0 aliphatic heterocycles. The van der Waals surface area contributed by atoms with Gasteiger partial charge in [0.05, 0.1) is 10.0 Å². The van der Waals surface area contributed by atoms with Crippen molar-refractivity contribution in [3.63, 3.8) is 0 Å². The Balaban J connectivity index is 2.31. The zero-order valence-corrected chi connectivity index (χ0v) is 13.8. The lowest BCUT2D eigenvalue weighted by Gasteiger charge is -2.22. The zero-order valence-electron chi connectivity index (χ0n) is 11.4. The van der Waals surface area contributed by atoms with E-state index in [1.54, 1.807) is 11.8 Å². The van der Waals surface area contributed by atoms with Crippen molar-refractivity contribution in [2.45, 2.75) is 30.0 Å². The van der Waals surface area contributed by atoms with E-state index in [2.05, 4.69) is 19.1 Å². The first-order chi connectivity index (χ1) is 9.49. The number of aryl methyl sites for hydroxylation is 1. The highest BCUT2D eigenvalue weighted by Gasteiger charge is 2.19. The highest BCUT2D eigenvalue weighted by Crippen LogP contribution is 2.40. The molecule has 2 unspecified atom stereocenters. The molecule has 4 heteroatoms. The number of hydrogen-bond acceptors (Lipinski definition) is 2. The van der Waals surface area contributed by atoms with E-state index in [0.717, 1.165) is 4.90 Å². The van der Waals surface area contributed by atoms with Crippen molar-refractivity contribution in [2.24, 2.45) is 5.73 Å². The molecular weight excluding hydrogens is 309 g/mol. The normalized spacial score (nSPS) is 14.1. The van der Waals surface area contributed by atoms with Gasteiger partial charge >= 0.3 is 0 Å². The second kappa shape index (κ2) is 6.86. The van der Waals surface area contributed by atoms with Gasteiger partial charge in [-0.25, -0.2) is 0 Å². The van der Waals surface area contributed by atoms with Crippen molar-refractivity contribution in [3.05, 3.63) is 63.6 Å². The Morgan fingerprint density at radius 2 is 1.75 bits per heavy atom. The molecule has 2 aromatic carbocycles. The number of hydrogen-bond donors (Lipinski definition) is 1. The molecule has 0 radical (unpaired) electrons. The van der Waals surface area contributed by atoms with Gasteiger partial charge in [-0.15, -0.1) is 11.8 Å². The second-order valence-corrected chi connectivity index (χ2v) is 6.86. The van der Waals surface area contributed by atoms with E-state index in [0.29, 0.717) is 10.0 Å². The molecule has 0 saturated carbocycles. The van der Waals surface area contributed by atoms with Crippen molar-refractivity contribution in [3.8, 4) is 0 Å². The summed E-state index contributed by atoms with van der Waals surface area (Å²) in [5.74, 6) is 0. The summed E-state index contributed by atoms with van der Waals surface area (Å²) >= 11 is 13.8. The standard InChI is InChI=1S/C16H17Cl2NS/c1-10-5-3-4-6-13(10)16(11(2)19)20-12-7-8-14(17)15(18)9-12/h3-9,11,16H,19H2,1-2H3. The van der Waals surface area contributed by atoms with E-state index >= 15 is 0 Å². The first-order valence-electron chi connectivity index (χ1n) is 6.42. The third-order valence-electron chi connectivity index (χ3n) is 3.13. The molecule has 0 bridgehead atoms. The van der Waals surface area contributed by atoms with Crippen LogP contribution in [0.4, 0.5) is 0 Å². The Kier molecular flexibility index (Phi) is 5.39. The number of thioether (sulfide) groups is 1. The maximum absolute atomic E-state index is 6.17. The molecule has 0 saturated heterocycles. The maximum Gasteiger partial charge on any atom is 0.0603 e. The van der Waals surface area contributed by atoms with Crippen LogP contribution in [0.2, 0.25) is 10.0 Å². The van der Waals surface area contributed by atoms with E-state index in [1.807, 2.05) is 37.3 Å². The fourth-order valence-electron chi connectivity index (χ4n) is 2.06. The summed E-state index contributed by atoms with van der Waals surface area (Å²) in [5.41, 5.74) is 8.69. The van der Waals surface area contributed by atoms with Gasteiger partial charge < -0.3 is 5.73 Å². The summed E-state index contributed by atoms with van der Waals surface area (Å²) < 4.78 is 0. The Morgan fingerprint density at radius 1 is 1.05 bits per heavy atom. The van der Waals surface area contributed by atoms with Gasteiger partial charge in [0, 0.05) is 16.2 Å². The van der Waals surface area contributed by atoms with Gasteiger partial charge in [0.25, 0.3) is 0 Å². The molecule has 0 aromatic heterocycles. The molecule has 0 aliphatic rings. The third-order valence-corrected chi connectivity index (χ3v) is 5.33. The maximum atomic E-state index is 6.17. The molecule has 0 spiro atoms. The monoisotopic (exact) mass is 325 g/mol. The zero-order chi connectivity index (χ0) is 14.7. The van der Waals surface area contributed by atoms with Crippen LogP contribution < -0.4 is 5.73 Å². The van der Waals surface area contributed by atoms with Crippen LogP contribution in [0.25, 0.3) is 0 Å². The smallest absolute Gasteiger partial charge is 0.0603 e. The van der Waals surface area contributed by atoms with Crippen molar-refractivity contribution in [2.75, 3.05) is 0 Å². The number of benzene rings is 2. The summed E-state index contributed by atoms with van der Waals surface area (Å²) in [6, 6.07) is 14.1. The molecule has 2 aromatic rings. The summed E-state index contributed by atoms with van der Waals surface area (Å²) in [5, 5.41) is 1.34. The average molecular weight is 326 g/mol. The van der Waals surface area contributed by atoms with Gasteiger partial charge in [0.15, 0.2) is 0 Å². The summed E-state index contributed by atoms with van der Waals surface area (Å²) in [7, 11) is 0. The van der Waals surface area contributed by atoms with Crippen LogP contribution in [0.3, 0.4) is 0 Å². The fraction of sp³-hybridized carbons (Fsp3) is 0.250. The fourth-order valence-corrected chi connectivity index (χ4v) is 3.65. The highest BCUT2D eigenvalue weighted by atomic mass is 35.5. The molecule has 2 rings (SSSR count). The quantitative estimate of drug-likeness (QED) is 0.753. The second-order valence-electron chi connectivity index (χ2n) is 4.83. The molecule has 20 heavy (non-hydrogen) atoms. The number of halogens is 2. The largest absolute Gasteiger partial charge is 0.327 e. The molecule has 0 fully saturated rings. The van der Waals surface area contributed by atoms with Crippen molar-refractivity contribution < 1.29 is 0 Å². The molecule has 2 atom stereocenters. The highest BCUT2D eigenvalue weighted by molar-refractivity contribution is 7.99. The minimum absolute atomic E-state index is 0.0375. The van der Waals surface area contributed by atoms with Gasteiger partial charge in [-0.05, 0) is 43.2 Å². The topological polar surface area (TPSA) is 26.0 Å². The van der Waals surface area contributed by atoms with Crippen LogP contribution in [0.5, 0.6) is 0 Å². The Morgan fingerprint density at radius 3 is 2.35 bits per heavy atom. The van der Waals surface area contributed by atoms with Crippen LogP contribution in [0.1, 0.15) is 23.3 Å². The molecular formula is C16H17Cl2NS. The molecule has 106 valence electrons. The lowest BCUT2D eigenvalue weighted by molar-refractivity contribution is 0.718. The van der Waals surface area contributed by atoms with Gasteiger partial charge in [-0.1, -0.05) is 47.5 Å². The van der Waals surface area contributed by atoms with Gasteiger partial charge in [0.2, 0.25) is 0 Å². The first-order valence-corrected chi connectivity index (χ1v) is 8.05. The third kappa shape index (κ3) is 3.70. The minimum Gasteiger partial charge on any atom is -0.327 e. The molecule has 0 amide bonds. The van der Waals surface area contributed by atoms with E-state index in [-0.39, 0.29) is 11.3 Å². The lowest BCUT2D eigenvalue weighted by atomic mass is 10.0. The van der Waals surface area contributed by atoms with E-state index < -0.39 is 0 Å². The van der Waals surface area contributed by atoms with E-state index in [4.69, 9.17) is 28.9 Å². The van der Waals surface area contributed by atoms with Crippen LogP contribution in [-0.2, 0) is 0 Å². The predicted octanol–water partition coefficient (Wildman–Crippen LogP) is 5.48.